The van der Waals surface area contributed by atoms with Crippen molar-refractivity contribution in [3.63, 3.8) is 0 Å². The molecule has 2 rings (SSSR count). The SMILES string of the molecule is COCCCC(N)c1nc(Cc2ccccn2)no1. The molecule has 2 heterocycles. The van der Waals surface area contributed by atoms with Gasteiger partial charge in [-0.2, -0.15) is 4.98 Å². The van der Waals surface area contributed by atoms with E-state index in [2.05, 4.69) is 15.1 Å². The summed E-state index contributed by atoms with van der Waals surface area (Å²) in [4.78, 5) is 8.52. The maximum Gasteiger partial charge on any atom is 0.243 e. The second kappa shape index (κ2) is 6.96. The lowest BCUT2D eigenvalue weighted by molar-refractivity contribution is 0.188. The average Bonchev–Trinajstić information content (AvgIpc) is 2.89. The van der Waals surface area contributed by atoms with Crippen molar-refractivity contribution in [1.82, 2.24) is 15.1 Å². The summed E-state index contributed by atoms with van der Waals surface area (Å²) in [5.41, 5.74) is 6.88. The van der Waals surface area contributed by atoms with Crippen molar-refractivity contribution in [3.05, 3.63) is 41.8 Å². The molecule has 2 aromatic rings. The summed E-state index contributed by atoms with van der Waals surface area (Å²) in [6.45, 7) is 0.683. The molecule has 6 heteroatoms. The molecular weight excluding hydrogens is 244 g/mol. The molecule has 1 unspecified atom stereocenters. The number of hydrogen-bond acceptors (Lipinski definition) is 6. The minimum absolute atomic E-state index is 0.236. The number of aromatic nitrogens is 3. The van der Waals surface area contributed by atoms with Crippen LogP contribution in [0.25, 0.3) is 0 Å². The van der Waals surface area contributed by atoms with Gasteiger partial charge in [-0.05, 0) is 25.0 Å². The molecule has 0 aliphatic carbocycles. The molecule has 0 aliphatic heterocycles. The highest BCUT2D eigenvalue weighted by Gasteiger charge is 2.14. The van der Waals surface area contributed by atoms with Gasteiger partial charge >= 0.3 is 0 Å². The number of nitrogens with zero attached hydrogens (tertiary/aromatic N) is 3. The van der Waals surface area contributed by atoms with Crippen LogP contribution < -0.4 is 5.73 Å². The fourth-order valence-corrected chi connectivity index (χ4v) is 1.73. The number of pyridine rings is 1. The highest BCUT2D eigenvalue weighted by molar-refractivity contribution is 5.09. The Morgan fingerprint density at radius 3 is 3.05 bits per heavy atom. The zero-order chi connectivity index (χ0) is 13.5. The minimum Gasteiger partial charge on any atom is -0.385 e. The molecule has 2 N–H and O–H groups in total. The zero-order valence-electron chi connectivity index (χ0n) is 11.0. The Bertz CT molecular complexity index is 486. The number of hydrogen-bond donors (Lipinski definition) is 1. The molecule has 2 aromatic heterocycles. The molecule has 0 aromatic carbocycles. The predicted octanol–water partition coefficient (Wildman–Crippen LogP) is 1.48. The van der Waals surface area contributed by atoms with E-state index in [0.717, 1.165) is 18.5 Å². The highest BCUT2D eigenvalue weighted by atomic mass is 16.5. The molecule has 6 nitrogen and oxygen atoms in total. The zero-order valence-corrected chi connectivity index (χ0v) is 11.0. The highest BCUT2D eigenvalue weighted by Crippen LogP contribution is 2.14. The molecule has 0 amide bonds. The quantitative estimate of drug-likeness (QED) is 0.760. The summed E-state index contributed by atoms with van der Waals surface area (Å²) in [5, 5.41) is 3.92. The van der Waals surface area contributed by atoms with Gasteiger partial charge in [0.15, 0.2) is 5.82 Å². The minimum atomic E-state index is -0.236. The van der Waals surface area contributed by atoms with Crippen LogP contribution in [0, 0.1) is 0 Å². The normalized spacial score (nSPS) is 12.5. The van der Waals surface area contributed by atoms with Gasteiger partial charge in [0, 0.05) is 25.6 Å². The first-order valence-electron chi connectivity index (χ1n) is 6.26. The summed E-state index contributed by atoms with van der Waals surface area (Å²) in [7, 11) is 1.67. The second-order valence-corrected chi connectivity index (χ2v) is 4.29. The molecule has 0 saturated carbocycles. The van der Waals surface area contributed by atoms with Crippen LogP contribution in [0.1, 0.15) is 36.3 Å². The van der Waals surface area contributed by atoms with E-state index in [4.69, 9.17) is 15.0 Å². The molecule has 0 aliphatic rings. The maximum atomic E-state index is 5.98. The Balaban J connectivity index is 1.91. The van der Waals surface area contributed by atoms with Crippen molar-refractivity contribution < 1.29 is 9.26 Å². The van der Waals surface area contributed by atoms with Gasteiger partial charge in [0.1, 0.15) is 0 Å². The van der Waals surface area contributed by atoms with Crippen LogP contribution in [0.3, 0.4) is 0 Å². The van der Waals surface area contributed by atoms with Crippen LogP contribution in [0.4, 0.5) is 0 Å². The third-order valence-electron chi connectivity index (χ3n) is 2.73. The number of ether oxygens (including phenoxy) is 1. The van der Waals surface area contributed by atoms with Crippen LogP contribution >= 0.6 is 0 Å². The van der Waals surface area contributed by atoms with Crippen molar-refractivity contribution >= 4 is 0 Å². The van der Waals surface area contributed by atoms with E-state index in [1.807, 2.05) is 18.2 Å². The first kappa shape index (κ1) is 13.6. The van der Waals surface area contributed by atoms with Crippen molar-refractivity contribution in [2.45, 2.75) is 25.3 Å². The summed E-state index contributed by atoms with van der Waals surface area (Å²) in [6, 6.07) is 5.49. The van der Waals surface area contributed by atoms with Gasteiger partial charge in [-0.1, -0.05) is 11.2 Å². The van der Waals surface area contributed by atoms with E-state index in [-0.39, 0.29) is 6.04 Å². The topological polar surface area (TPSA) is 87.1 Å². The molecule has 0 bridgehead atoms. The van der Waals surface area contributed by atoms with Gasteiger partial charge in [-0.15, -0.1) is 0 Å². The molecular formula is C13H18N4O2. The third kappa shape index (κ3) is 4.11. The van der Waals surface area contributed by atoms with Crippen LogP contribution in [0.5, 0.6) is 0 Å². The van der Waals surface area contributed by atoms with Crippen LogP contribution in [-0.4, -0.2) is 28.8 Å². The monoisotopic (exact) mass is 262 g/mol. The fraction of sp³-hybridized carbons (Fsp3) is 0.462. The van der Waals surface area contributed by atoms with E-state index in [9.17, 15) is 0 Å². The Kier molecular flexibility index (Phi) is 5.00. The predicted molar refractivity (Wildman–Crippen MR) is 69.4 cm³/mol. The Morgan fingerprint density at radius 2 is 2.32 bits per heavy atom. The molecule has 102 valence electrons. The van der Waals surface area contributed by atoms with Gasteiger partial charge in [0.25, 0.3) is 0 Å². The van der Waals surface area contributed by atoms with Gasteiger partial charge in [0.2, 0.25) is 5.89 Å². The molecule has 19 heavy (non-hydrogen) atoms. The molecule has 0 fully saturated rings. The Hall–Kier alpha value is -1.79. The lowest BCUT2D eigenvalue weighted by atomic mass is 10.2. The van der Waals surface area contributed by atoms with Crippen LogP contribution in [-0.2, 0) is 11.2 Å². The third-order valence-corrected chi connectivity index (χ3v) is 2.73. The lowest BCUT2D eigenvalue weighted by Gasteiger charge is -2.04. The van der Waals surface area contributed by atoms with Gasteiger partial charge in [0.05, 0.1) is 12.5 Å². The van der Waals surface area contributed by atoms with Crippen molar-refractivity contribution in [1.29, 1.82) is 0 Å². The Labute approximate surface area is 112 Å². The maximum absolute atomic E-state index is 5.98. The van der Waals surface area contributed by atoms with Crippen molar-refractivity contribution in [2.75, 3.05) is 13.7 Å². The first-order valence-corrected chi connectivity index (χ1v) is 6.26. The number of nitrogens with two attached hydrogens (primary N) is 1. The number of rotatable bonds is 7. The van der Waals surface area contributed by atoms with Crippen molar-refractivity contribution in [2.24, 2.45) is 5.73 Å². The van der Waals surface area contributed by atoms with Crippen molar-refractivity contribution in [3.8, 4) is 0 Å². The van der Waals surface area contributed by atoms with E-state index < -0.39 is 0 Å². The largest absolute Gasteiger partial charge is 0.385 e. The lowest BCUT2D eigenvalue weighted by Crippen LogP contribution is -2.11. The van der Waals surface area contributed by atoms with Crippen LogP contribution in [0.2, 0.25) is 0 Å². The first-order chi connectivity index (χ1) is 9.29. The summed E-state index contributed by atoms with van der Waals surface area (Å²) < 4.78 is 10.2. The smallest absolute Gasteiger partial charge is 0.243 e. The van der Waals surface area contributed by atoms with E-state index in [1.165, 1.54) is 0 Å². The van der Waals surface area contributed by atoms with Crippen LogP contribution in [0.15, 0.2) is 28.9 Å². The van der Waals surface area contributed by atoms with Gasteiger partial charge in [-0.3, -0.25) is 4.98 Å². The second-order valence-electron chi connectivity index (χ2n) is 4.29. The summed E-state index contributed by atoms with van der Waals surface area (Å²) in [6.07, 6.45) is 3.93. The molecule has 0 spiro atoms. The number of methoxy groups -OCH3 is 1. The standard InChI is InChI=1S/C13H18N4O2/c1-18-8-4-6-11(14)13-16-12(17-19-13)9-10-5-2-3-7-15-10/h2-3,5,7,11H,4,6,8-9,14H2,1H3. The van der Waals surface area contributed by atoms with E-state index in [1.54, 1.807) is 13.3 Å². The summed E-state index contributed by atoms with van der Waals surface area (Å²) in [5.74, 6) is 1.08. The molecule has 1 atom stereocenters. The van der Waals surface area contributed by atoms with E-state index >= 15 is 0 Å². The average molecular weight is 262 g/mol. The Morgan fingerprint density at radius 1 is 1.42 bits per heavy atom. The fourth-order valence-electron chi connectivity index (χ4n) is 1.73. The summed E-state index contributed by atoms with van der Waals surface area (Å²) >= 11 is 0. The van der Waals surface area contributed by atoms with Gasteiger partial charge in [-0.25, -0.2) is 0 Å². The van der Waals surface area contributed by atoms with E-state index in [0.29, 0.717) is 24.7 Å². The molecule has 0 radical (unpaired) electrons. The molecule has 0 saturated heterocycles. The van der Waals surface area contributed by atoms with Gasteiger partial charge < -0.3 is 15.0 Å².